The Morgan fingerprint density at radius 2 is 2.09 bits per heavy atom. The predicted octanol–water partition coefficient (Wildman–Crippen LogP) is 3.15. The third-order valence-corrected chi connectivity index (χ3v) is 7.04. The Kier molecular flexibility index (Phi) is 4.28. The number of imidazole rings is 1. The molecule has 1 saturated heterocycles. The molecular formula is C24H23N5O3. The number of amides is 2. The van der Waals surface area contributed by atoms with Crippen LogP contribution in [0.4, 0.5) is 0 Å². The van der Waals surface area contributed by atoms with Gasteiger partial charge in [-0.1, -0.05) is 6.07 Å². The molecule has 2 amide bonds. The number of nitrogens with one attached hydrogen (secondary N) is 1. The zero-order valence-electron chi connectivity index (χ0n) is 17.5. The largest absolute Gasteiger partial charge is 0.449 e. The van der Waals surface area contributed by atoms with Crippen LogP contribution >= 0.6 is 0 Å². The number of likely N-dealkylation sites (tertiary alicyclic amines) is 1. The van der Waals surface area contributed by atoms with Crippen molar-refractivity contribution < 1.29 is 14.0 Å². The molecule has 2 aliphatic rings. The molecule has 0 bridgehead atoms. The Hall–Kier alpha value is -3.68. The molecule has 32 heavy (non-hydrogen) atoms. The summed E-state index contributed by atoms with van der Waals surface area (Å²) >= 11 is 0. The molecule has 4 aromatic rings. The number of nitrogens with zero attached hydrogens (tertiary/aromatic N) is 4. The fraction of sp³-hybridized carbons (Fsp3) is 0.333. The number of fused-ring (bicyclic) bond motifs is 2. The summed E-state index contributed by atoms with van der Waals surface area (Å²) in [6.07, 6.45) is 10.0. The molecule has 2 fully saturated rings. The first-order chi connectivity index (χ1) is 15.6. The van der Waals surface area contributed by atoms with Crippen molar-refractivity contribution in [2.24, 2.45) is 11.3 Å². The van der Waals surface area contributed by atoms with Crippen LogP contribution in [0.3, 0.4) is 0 Å². The van der Waals surface area contributed by atoms with Crippen molar-refractivity contribution in [2.45, 2.75) is 19.3 Å². The molecule has 1 atom stereocenters. The Morgan fingerprint density at radius 3 is 2.91 bits per heavy atom. The summed E-state index contributed by atoms with van der Waals surface area (Å²) < 4.78 is 7.47. The zero-order chi connectivity index (χ0) is 21.7. The summed E-state index contributed by atoms with van der Waals surface area (Å²) in [4.78, 5) is 35.8. The summed E-state index contributed by atoms with van der Waals surface area (Å²) in [5, 5.41) is 3.89. The first kappa shape index (κ1) is 19.0. The van der Waals surface area contributed by atoms with Gasteiger partial charge in [0.15, 0.2) is 11.3 Å². The van der Waals surface area contributed by atoms with Gasteiger partial charge in [-0.2, -0.15) is 0 Å². The second-order valence-corrected chi connectivity index (χ2v) is 8.88. The topological polar surface area (TPSA) is 92.7 Å². The van der Waals surface area contributed by atoms with Crippen LogP contribution in [0, 0.1) is 11.3 Å². The summed E-state index contributed by atoms with van der Waals surface area (Å²) in [7, 11) is 0. The van der Waals surface area contributed by atoms with E-state index in [1.807, 2.05) is 39.8 Å². The molecule has 6 rings (SSSR count). The highest BCUT2D eigenvalue weighted by atomic mass is 16.3. The van der Waals surface area contributed by atoms with E-state index in [2.05, 4.69) is 15.3 Å². The quantitative estimate of drug-likeness (QED) is 0.538. The summed E-state index contributed by atoms with van der Waals surface area (Å²) in [6, 6.07) is 9.31. The van der Waals surface area contributed by atoms with Gasteiger partial charge in [0.1, 0.15) is 11.3 Å². The lowest BCUT2D eigenvalue weighted by Gasteiger charge is -2.32. The highest BCUT2D eigenvalue weighted by Gasteiger charge is 2.54. The summed E-state index contributed by atoms with van der Waals surface area (Å²) in [5.41, 5.74) is 2.12. The normalized spacial score (nSPS) is 19.5. The lowest BCUT2D eigenvalue weighted by atomic mass is 9.90. The van der Waals surface area contributed by atoms with E-state index in [4.69, 9.17) is 4.42 Å². The number of hydrogen-bond acceptors (Lipinski definition) is 5. The molecule has 0 aromatic carbocycles. The van der Waals surface area contributed by atoms with Crippen molar-refractivity contribution in [3.63, 3.8) is 0 Å². The fourth-order valence-corrected chi connectivity index (χ4v) is 4.99. The number of carbonyl (C=O) groups is 2. The summed E-state index contributed by atoms with van der Waals surface area (Å²) in [5.74, 6) is 0.566. The van der Waals surface area contributed by atoms with Crippen molar-refractivity contribution in [1.29, 1.82) is 0 Å². The van der Waals surface area contributed by atoms with E-state index in [0.717, 1.165) is 43.4 Å². The van der Waals surface area contributed by atoms with Gasteiger partial charge < -0.3 is 19.0 Å². The first-order valence-corrected chi connectivity index (χ1v) is 11.0. The number of hydrogen-bond donors (Lipinski definition) is 1. The van der Waals surface area contributed by atoms with Crippen molar-refractivity contribution in [1.82, 2.24) is 24.6 Å². The average molecular weight is 429 g/mol. The van der Waals surface area contributed by atoms with Crippen LogP contribution in [0.1, 0.15) is 40.3 Å². The van der Waals surface area contributed by atoms with E-state index in [1.165, 1.54) is 0 Å². The monoisotopic (exact) mass is 429 g/mol. The van der Waals surface area contributed by atoms with Gasteiger partial charge in [-0.3, -0.25) is 14.6 Å². The standard InChI is InChI=1S/C24H23N5O3/c30-22(19-11-16-4-7-25-14-20(16)32-19)26-13-17-12-24(17)5-9-28(10-6-24)23(31)18-15-29-8-2-1-3-21(29)27-18/h1-4,7-8,11,14-15,17H,5-6,9-10,12-13H2,(H,26,30). The average Bonchev–Trinajstić information content (AvgIpc) is 3.18. The maximum atomic E-state index is 12.9. The first-order valence-electron chi connectivity index (χ1n) is 11.0. The molecular weight excluding hydrogens is 406 g/mol. The van der Waals surface area contributed by atoms with E-state index < -0.39 is 0 Å². The summed E-state index contributed by atoms with van der Waals surface area (Å²) in [6.45, 7) is 2.09. The third kappa shape index (κ3) is 3.23. The number of furan rings is 1. The minimum absolute atomic E-state index is 0.00609. The molecule has 162 valence electrons. The molecule has 1 spiro atoms. The second kappa shape index (κ2) is 7.19. The molecule has 1 N–H and O–H groups in total. The molecule has 4 aromatic heterocycles. The maximum absolute atomic E-state index is 12.9. The minimum Gasteiger partial charge on any atom is -0.449 e. The van der Waals surface area contributed by atoms with Gasteiger partial charge in [0.25, 0.3) is 11.8 Å². The highest BCUT2D eigenvalue weighted by molar-refractivity contribution is 5.96. The van der Waals surface area contributed by atoms with Gasteiger partial charge in [0.05, 0.1) is 6.20 Å². The Balaban J connectivity index is 1.04. The molecule has 0 radical (unpaired) electrons. The van der Waals surface area contributed by atoms with Gasteiger partial charge in [-0.25, -0.2) is 4.98 Å². The second-order valence-electron chi connectivity index (χ2n) is 8.88. The Morgan fingerprint density at radius 1 is 1.22 bits per heavy atom. The van der Waals surface area contributed by atoms with E-state index in [0.29, 0.717) is 29.5 Å². The number of rotatable bonds is 4. The van der Waals surface area contributed by atoms with E-state index in [1.54, 1.807) is 24.7 Å². The van der Waals surface area contributed by atoms with Gasteiger partial charge in [0.2, 0.25) is 0 Å². The Bertz CT molecular complexity index is 1270. The molecule has 1 saturated carbocycles. The highest BCUT2D eigenvalue weighted by Crippen LogP contribution is 2.59. The van der Waals surface area contributed by atoms with Crippen molar-refractivity contribution in [3.8, 4) is 0 Å². The van der Waals surface area contributed by atoms with Crippen molar-refractivity contribution in [3.05, 3.63) is 66.6 Å². The van der Waals surface area contributed by atoms with Crippen molar-refractivity contribution in [2.75, 3.05) is 19.6 Å². The molecule has 8 nitrogen and oxygen atoms in total. The van der Waals surface area contributed by atoms with Gasteiger partial charge in [-0.05, 0) is 54.9 Å². The van der Waals surface area contributed by atoms with Crippen LogP contribution < -0.4 is 5.32 Å². The molecule has 1 unspecified atom stereocenters. The molecule has 5 heterocycles. The van der Waals surface area contributed by atoms with Crippen LogP contribution in [-0.4, -0.2) is 50.7 Å². The van der Waals surface area contributed by atoms with Crippen LogP contribution in [0.2, 0.25) is 0 Å². The number of piperidine rings is 1. The van der Waals surface area contributed by atoms with Gasteiger partial charge in [0, 0.05) is 43.6 Å². The third-order valence-electron chi connectivity index (χ3n) is 7.04. The van der Waals surface area contributed by atoms with Gasteiger partial charge >= 0.3 is 0 Å². The fourth-order valence-electron chi connectivity index (χ4n) is 4.99. The van der Waals surface area contributed by atoms with Crippen LogP contribution in [0.15, 0.2) is 59.5 Å². The zero-order valence-corrected chi connectivity index (χ0v) is 17.5. The lowest BCUT2D eigenvalue weighted by molar-refractivity contribution is 0.0663. The van der Waals surface area contributed by atoms with Gasteiger partial charge in [-0.15, -0.1) is 0 Å². The Labute approximate surface area is 184 Å². The smallest absolute Gasteiger partial charge is 0.287 e. The SMILES string of the molecule is O=C(NCC1CC12CCN(C(=O)c1cn3ccccc3n1)CC2)c1cc2ccncc2o1. The minimum atomic E-state index is -0.192. The van der Waals surface area contributed by atoms with E-state index in [9.17, 15) is 9.59 Å². The molecule has 1 aliphatic carbocycles. The van der Waals surface area contributed by atoms with Crippen LogP contribution in [0.25, 0.3) is 16.6 Å². The molecule has 8 heteroatoms. The van der Waals surface area contributed by atoms with Crippen LogP contribution in [-0.2, 0) is 0 Å². The van der Waals surface area contributed by atoms with Crippen molar-refractivity contribution >= 4 is 28.4 Å². The predicted molar refractivity (Wildman–Crippen MR) is 117 cm³/mol. The number of aromatic nitrogens is 3. The van der Waals surface area contributed by atoms with Crippen LogP contribution in [0.5, 0.6) is 0 Å². The number of pyridine rings is 2. The number of carbonyl (C=O) groups excluding carboxylic acids is 2. The molecule has 1 aliphatic heterocycles. The lowest BCUT2D eigenvalue weighted by Crippen LogP contribution is -2.40. The maximum Gasteiger partial charge on any atom is 0.287 e. The van der Waals surface area contributed by atoms with E-state index >= 15 is 0 Å². The van der Waals surface area contributed by atoms with E-state index in [-0.39, 0.29) is 17.2 Å².